The Labute approximate surface area is 118 Å². The maximum Gasteiger partial charge on any atom is 0.328 e. The molecule has 2 rings (SSSR count). The average molecular weight is 277 g/mol. The molecule has 1 saturated carbocycles. The molecule has 1 aliphatic carbocycles. The van der Waals surface area contributed by atoms with Gasteiger partial charge in [0.05, 0.1) is 5.69 Å². The molecule has 1 N–H and O–H groups in total. The Morgan fingerprint density at radius 3 is 2.70 bits per heavy atom. The number of benzene rings is 1. The monoisotopic (exact) mass is 277 g/mol. The Kier molecular flexibility index (Phi) is 4.42. The Bertz CT molecular complexity index is 521. The molecule has 1 aromatic carbocycles. The molecule has 0 radical (unpaired) electrons. The van der Waals surface area contributed by atoms with Gasteiger partial charge >= 0.3 is 5.97 Å². The maximum atomic E-state index is 14.2. The summed E-state index contributed by atoms with van der Waals surface area (Å²) in [5.41, 5.74) is 1.16. The fraction of sp³-hybridized carbons (Fsp3) is 0.438. The SMILES string of the molecule is CC(C)N(CC1CC1)c1ccc(C=CC(=O)O)cc1F. The van der Waals surface area contributed by atoms with Gasteiger partial charge in [0.2, 0.25) is 0 Å². The largest absolute Gasteiger partial charge is 0.478 e. The van der Waals surface area contributed by atoms with Crippen LogP contribution in [0.2, 0.25) is 0 Å². The van der Waals surface area contributed by atoms with Gasteiger partial charge in [-0.15, -0.1) is 0 Å². The highest BCUT2D eigenvalue weighted by atomic mass is 19.1. The predicted octanol–water partition coefficient (Wildman–Crippen LogP) is 3.55. The Hall–Kier alpha value is -1.84. The number of carboxylic acids is 1. The van der Waals surface area contributed by atoms with Crippen LogP contribution in [0.5, 0.6) is 0 Å². The lowest BCUT2D eigenvalue weighted by Crippen LogP contribution is -2.33. The number of aliphatic carboxylic acids is 1. The average Bonchev–Trinajstić information content (AvgIpc) is 3.18. The Morgan fingerprint density at radius 2 is 2.20 bits per heavy atom. The van der Waals surface area contributed by atoms with Gasteiger partial charge in [0, 0.05) is 18.7 Å². The highest BCUT2D eigenvalue weighted by molar-refractivity contribution is 5.85. The standard InChI is InChI=1S/C16H20FNO2/c1-11(2)18(10-13-3-4-13)15-7-5-12(9-14(15)17)6-8-16(19)20/h5-9,11,13H,3-4,10H2,1-2H3,(H,19,20). The molecular formula is C16H20FNO2. The maximum absolute atomic E-state index is 14.2. The lowest BCUT2D eigenvalue weighted by atomic mass is 10.1. The summed E-state index contributed by atoms with van der Waals surface area (Å²) in [6.07, 6.45) is 4.86. The normalized spacial score (nSPS) is 15.0. The van der Waals surface area contributed by atoms with Crippen LogP contribution >= 0.6 is 0 Å². The zero-order chi connectivity index (χ0) is 14.7. The Morgan fingerprint density at radius 1 is 1.50 bits per heavy atom. The zero-order valence-corrected chi connectivity index (χ0v) is 11.8. The summed E-state index contributed by atoms with van der Waals surface area (Å²) in [4.78, 5) is 12.5. The second-order valence-corrected chi connectivity index (χ2v) is 5.57. The van der Waals surface area contributed by atoms with Gasteiger partial charge < -0.3 is 10.0 Å². The van der Waals surface area contributed by atoms with Gasteiger partial charge in [-0.2, -0.15) is 0 Å². The van der Waals surface area contributed by atoms with E-state index in [4.69, 9.17) is 5.11 Å². The van der Waals surface area contributed by atoms with Crippen molar-refractivity contribution in [1.29, 1.82) is 0 Å². The van der Waals surface area contributed by atoms with E-state index < -0.39 is 5.97 Å². The molecule has 1 aliphatic rings. The predicted molar refractivity (Wildman–Crippen MR) is 78.3 cm³/mol. The summed E-state index contributed by atoms with van der Waals surface area (Å²) in [5, 5.41) is 8.58. The van der Waals surface area contributed by atoms with Crippen molar-refractivity contribution in [2.45, 2.75) is 32.7 Å². The van der Waals surface area contributed by atoms with Crippen molar-refractivity contribution in [3.8, 4) is 0 Å². The van der Waals surface area contributed by atoms with E-state index in [1.165, 1.54) is 25.0 Å². The van der Waals surface area contributed by atoms with Crippen LogP contribution in [0.1, 0.15) is 32.3 Å². The number of carboxylic acid groups (broad SMARTS) is 1. The van der Waals surface area contributed by atoms with E-state index in [-0.39, 0.29) is 11.9 Å². The van der Waals surface area contributed by atoms with Crippen molar-refractivity contribution in [2.75, 3.05) is 11.4 Å². The molecule has 3 nitrogen and oxygen atoms in total. The number of rotatable bonds is 6. The Balaban J connectivity index is 2.20. The fourth-order valence-electron chi connectivity index (χ4n) is 2.19. The van der Waals surface area contributed by atoms with Gasteiger partial charge in [-0.3, -0.25) is 0 Å². The van der Waals surface area contributed by atoms with Gasteiger partial charge in [0.1, 0.15) is 5.82 Å². The van der Waals surface area contributed by atoms with Gasteiger partial charge in [-0.05, 0) is 56.4 Å². The van der Waals surface area contributed by atoms with E-state index >= 15 is 0 Å². The van der Waals surface area contributed by atoms with Gasteiger partial charge in [-0.1, -0.05) is 6.07 Å². The number of hydrogen-bond acceptors (Lipinski definition) is 2. The molecule has 0 amide bonds. The number of nitrogens with zero attached hydrogens (tertiary/aromatic N) is 1. The minimum atomic E-state index is -1.04. The van der Waals surface area contributed by atoms with Gasteiger partial charge in [-0.25, -0.2) is 9.18 Å². The van der Waals surface area contributed by atoms with Crippen LogP contribution in [-0.2, 0) is 4.79 Å². The number of hydrogen-bond donors (Lipinski definition) is 1. The van der Waals surface area contributed by atoms with Crippen LogP contribution in [0.3, 0.4) is 0 Å². The molecule has 0 aliphatic heterocycles. The summed E-state index contributed by atoms with van der Waals surface area (Å²) < 4.78 is 14.2. The molecule has 0 atom stereocenters. The van der Waals surface area contributed by atoms with Crippen molar-refractivity contribution in [3.05, 3.63) is 35.7 Å². The number of anilines is 1. The molecule has 0 unspecified atom stereocenters. The van der Waals surface area contributed by atoms with E-state index in [2.05, 4.69) is 18.7 Å². The fourth-order valence-corrected chi connectivity index (χ4v) is 2.19. The quantitative estimate of drug-likeness (QED) is 0.808. The molecule has 4 heteroatoms. The molecule has 0 aromatic heterocycles. The minimum Gasteiger partial charge on any atom is -0.478 e. The van der Waals surface area contributed by atoms with E-state index in [1.54, 1.807) is 12.1 Å². The molecule has 0 spiro atoms. The van der Waals surface area contributed by atoms with Crippen LogP contribution in [0.4, 0.5) is 10.1 Å². The lowest BCUT2D eigenvalue weighted by molar-refractivity contribution is -0.131. The van der Waals surface area contributed by atoms with E-state index in [1.807, 2.05) is 0 Å². The van der Waals surface area contributed by atoms with Crippen molar-refractivity contribution in [3.63, 3.8) is 0 Å². The van der Waals surface area contributed by atoms with Crippen LogP contribution < -0.4 is 4.90 Å². The summed E-state index contributed by atoms with van der Waals surface area (Å²) in [5.74, 6) is -0.651. The molecule has 1 fully saturated rings. The first kappa shape index (κ1) is 14.6. The third-order valence-corrected chi connectivity index (χ3v) is 3.47. The number of halogens is 1. The van der Waals surface area contributed by atoms with Crippen LogP contribution in [-0.4, -0.2) is 23.7 Å². The lowest BCUT2D eigenvalue weighted by Gasteiger charge is -2.29. The first-order valence-corrected chi connectivity index (χ1v) is 6.94. The molecule has 0 saturated heterocycles. The number of carbonyl (C=O) groups is 1. The van der Waals surface area contributed by atoms with Crippen molar-refractivity contribution < 1.29 is 14.3 Å². The summed E-state index contributed by atoms with van der Waals surface area (Å²) >= 11 is 0. The van der Waals surface area contributed by atoms with E-state index in [0.29, 0.717) is 17.2 Å². The molecule has 1 aromatic rings. The van der Waals surface area contributed by atoms with Crippen LogP contribution in [0, 0.1) is 11.7 Å². The first-order valence-electron chi connectivity index (χ1n) is 6.94. The summed E-state index contributed by atoms with van der Waals surface area (Å²) in [6, 6.07) is 5.11. The van der Waals surface area contributed by atoms with Gasteiger partial charge in [0.25, 0.3) is 0 Å². The molecular weight excluding hydrogens is 257 g/mol. The van der Waals surface area contributed by atoms with E-state index in [0.717, 1.165) is 12.6 Å². The topological polar surface area (TPSA) is 40.5 Å². The van der Waals surface area contributed by atoms with Crippen molar-refractivity contribution in [2.24, 2.45) is 5.92 Å². The second kappa shape index (κ2) is 6.07. The summed E-state index contributed by atoms with van der Waals surface area (Å²) in [6.45, 7) is 5.00. The first-order chi connectivity index (χ1) is 9.47. The smallest absolute Gasteiger partial charge is 0.328 e. The highest BCUT2D eigenvalue weighted by Crippen LogP contribution is 2.33. The summed E-state index contributed by atoms with van der Waals surface area (Å²) in [7, 11) is 0. The molecule has 108 valence electrons. The molecule has 0 heterocycles. The van der Waals surface area contributed by atoms with Crippen LogP contribution in [0.15, 0.2) is 24.3 Å². The third kappa shape index (κ3) is 3.83. The van der Waals surface area contributed by atoms with Crippen molar-refractivity contribution >= 4 is 17.7 Å². The van der Waals surface area contributed by atoms with Crippen LogP contribution in [0.25, 0.3) is 6.08 Å². The molecule has 0 bridgehead atoms. The third-order valence-electron chi connectivity index (χ3n) is 3.47. The van der Waals surface area contributed by atoms with E-state index in [9.17, 15) is 9.18 Å². The zero-order valence-electron chi connectivity index (χ0n) is 11.8. The minimum absolute atomic E-state index is 0.241. The molecule has 20 heavy (non-hydrogen) atoms. The highest BCUT2D eigenvalue weighted by Gasteiger charge is 2.26. The van der Waals surface area contributed by atoms with Crippen molar-refractivity contribution in [1.82, 2.24) is 0 Å². The van der Waals surface area contributed by atoms with Gasteiger partial charge in [0.15, 0.2) is 0 Å². The second-order valence-electron chi connectivity index (χ2n) is 5.57.